The van der Waals surface area contributed by atoms with Crippen LogP contribution in [0.2, 0.25) is 5.02 Å². The number of aryl methyl sites for hydroxylation is 1. The molecule has 134 valence electrons. The van der Waals surface area contributed by atoms with Crippen LogP contribution in [0.15, 0.2) is 59.8 Å². The van der Waals surface area contributed by atoms with Crippen LogP contribution in [0, 0.1) is 0 Å². The van der Waals surface area contributed by atoms with Crippen LogP contribution in [0.1, 0.15) is 17.0 Å². The first-order valence-corrected chi connectivity index (χ1v) is 8.65. The molecule has 0 bridgehead atoms. The fourth-order valence-electron chi connectivity index (χ4n) is 2.84. The van der Waals surface area contributed by atoms with E-state index in [2.05, 4.69) is 20.1 Å². The smallest absolute Gasteiger partial charge is 0.276 e. The van der Waals surface area contributed by atoms with Crippen LogP contribution in [-0.4, -0.2) is 30.5 Å². The van der Waals surface area contributed by atoms with E-state index in [1.807, 2.05) is 12.1 Å². The van der Waals surface area contributed by atoms with E-state index >= 15 is 0 Å². The maximum absolute atomic E-state index is 12.8. The Labute approximate surface area is 158 Å². The van der Waals surface area contributed by atoms with Crippen molar-refractivity contribution in [2.75, 3.05) is 0 Å². The Morgan fingerprint density at radius 1 is 1.15 bits per heavy atom. The van der Waals surface area contributed by atoms with Crippen molar-refractivity contribution in [3.8, 4) is 11.3 Å². The van der Waals surface area contributed by atoms with Crippen LogP contribution >= 0.6 is 11.6 Å². The van der Waals surface area contributed by atoms with Gasteiger partial charge in [-0.25, -0.2) is 9.67 Å². The van der Waals surface area contributed by atoms with Crippen LogP contribution in [0.25, 0.3) is 22.2 Å². The number of hydrogen-bond donors (Lipinski definition) is 1. The van der Waals surface area contributed by atoms with Crippen molar-refractivity contribution in [2.24, 2.45) is 0 Å². The van der Waals surface area contributed by atoms with Crippen LogP contribution in [0.4, 0.5) is 0 Å². The highest BCUT2D eigenvalue weighted by atomic mass is 35.5. The third-order valence-electron chi connectivity index (χ3n) is 4.13. The summed E-state index contributed by atoms with van der Waals surface area (Å²) in [6, 6.07) is 10.6. The normalized spacial score (nSPS) is 11.0. The molecule has 0 amide bonds. The van der Waals surface area contributed by atoms with Crippen molar-refractivity contribution >= 4 is 28.3 Å². The molecule has 4 aromatic rings. The summed E-state index contributed by atoms with van der Waals surface area (Å²) in [5, 5.41) is 5.46. The average molecular weight is 380 g/mol. The molecule has 0 aliphatic rings. The largest absolute Gasteiger partial charge is 0.342 e. The van der Waals surface area contributed by atoms with Gasteiger partial charge in [0.1, 0.15) is 11.2 Å². The molecule has 7 nitrogen and oxygen atoms in total. The first-order chi connectivity index (χ1) is 13.1. The van der Waals surface area contributed by atoms with Gasteiger partial charge in [-0.05, 0) is 24.3 Å². The van der Waals surface area contributed by atoms with Gasteiger partial charge in [-0.15, -0.1) is 0 Å². The van der Waals surface area contributed by atoms with Gasteiger partial charge in [-0.3, -0.25) is 14.6 Å². The zero-order chi connectivity index (χ0) is 18.8. The number of nitrogens with one attached hydrogen (secondary N) is 1. The zero-order valence-corrected chi connectivity index (χ0v) is 14.8. The van der Waals surface area contributed by atoms with Gasteiger partial charge in [-0.2, -0.15) is 5.10 Å². The number of benzene rings is 1. The van der Waals surface area contributed by atoms with Crippen molar-refractivity contribution in [3.63, 3.8) is 0 Å². The molecule has 0 fully saturated rings. The Kier molecular flexibility index (Phi) is 4.52. The first kappa shape index (κ1) is 17.1. The van der Waals surface area contributed by atoms with Crippen LogP contribution < -0.4 is 5.56 Å². The second-order valence-corrected chi connectivity index (χ2v) is 6.33. The molecular weight excluding hydrogens is 366 g/mol. The highest BCUT2D eigenvalue weighted by molar-refractivity contribution is 6.30. The quantitative estimate of drug-likeness (QED) is 0.538. The Morgan fingerprint density at radius 2 is 2.04 bits per heavy atom. The van der Waals surface area contributed by atoms with E-state index in [0.717, 1.165) is 5.56 Å². The van der Waals surface area contributed by atoms with E-state index in [9.17, 15) is 9.59 Å². The Hall–Kier alpha value is -3.32. The predicted molar refractivity (Wildman–Crippen MR) is 102 cm³/mol. The van der Waals surface area contributed by atoms with Crippen molar-refractivity contribution in [1.82, 2.24) is 24.7 Å². The summed E-state index contributed by atoms with van der Waals surface area (Å²) >= 11 is 6.10. The van der Waals surface area contributed by atoms with Gasteiger partial charge in [0.25, 0.3) is 5.56 Å². The minimum absolute atomic E-state index is 0.0984. The van der Waals surface area contributed by atoms with E-state index in [1.54, 1.807) is 36.7 Å². The lowest BCUT2D eigenvalue weighted by atomic mass is 10.1. The van der Waals surface area contributed by atoms with Crippen molar-refractivity contribution in [2.45, 2.75) is 13.0 Å². The summed E-state index contributed by atoms with van der Waals surface area (Å²) in [7, 11) is 0. The number of imidazole rings is 1. The van der Waals surface area contributed by atoms with Gasteiger partial charge in [0, 0.05) is 35.6 Å². The number of aromatic nitrogens is 5. The van der Waals surface area contributed by atoms with Gasteiger partial charge < -0.3 is 4.98 Å². The zero-order valence-electron chi connectivity index (χ0n) is 14.1. The number of fused-ring (bicyclic) bond motifs is 1. The maximum Gasteiger partial charge on any atom is 0.276 e. The lowest BCUT2D eigenvalue weighted by molar-refractivity contribution is 0.0966. The number of nitrogens with zero attached hydrogens (tertiary/aromatic N) is 4. The summed E-state index contributed by atoms with van der Waals surface area (Å²) < 4.78 is 1.29. The van der Waals surface area contributed by atoms with Crippen molar-refractivity contribution in [3.05, 3.63) is 76.2 Å². The average Bonchev–Trinajstić information content (AvgIpc) is 3.22. The number of ketones is 1. The number of rotatable bonds is 5. The maximum atomic E-state index is 12.8. The van der Waals surface area contributed by atoms with E-state index < -0.39 is 0 Å². The van der Waals surface area contributed by atoms with Crippen LogP contribution in [-0.2, 0) is 6.54 Å². The van der Waals surface area contributed by atoms with Crippen molar-refractivity contribution < 1.29 is 4.79 Å². The van der Waals surface area contributed by atoms with Gasteiger partial charge in [-0.1, -0.05) is 23.7 Å². The summed E-state index contributed by atoms with van der Waals surface area (Å²) in [5.41, 5.74) is 1.49. The lowest BCUT2D eigenvalue weighted by Crippen LogP contribution is -2.25. The fraction of sp³-hybridized carbons (Fsp3) is 0.105. The third kappa shape index (κ3) is 3.37. The molecular formula is C19H14ClN5O2. The first-order valence-electron chi connectivity index (χ1n) is 8.28. The van der Waals surface area contributed by atoms with E-state index in [1.165, 1.54) is 10.9 Å². The molecule has 3 heterocycles. The highest BCUT2D eigenvalue weighted by Gasteiger charge is 2.15. The molecule has 0 unspecified atom stereocenters. The van der Waals surface area contributed by atoms with Gasteiger partial charge >= 0.3 is 0 Å². The Bertz CT molecular complexity index is 1180. The van der Waals surface area contributed by atoms with Gasteiger partial charge in [0.15, 0.2) is 11.6 Å². The van der Waals surface area contributed by atoms with E-state index in [0.29, 0.717) is 21.6 Å². The molecule has 0 saturated heterocycles. The number of halogens is 1. The van der Waals surface area contributed by atoms with Crippen LogP contribution in [0.5, 0.6) is 0 Å². The molecule has 8 heteroatoms. The molecule has 0 radical (unpaired) electrons. The molecule has 1 N–H and O–H groups in total. The predicted octanol–water partition coefficient (Wildman–Crippen LogP) is 3.11. The minimum atomic E-state index is -0.295. The molecule has 4 rings (SSSR count). The summed E-state index contributed by atoms with van der Waals surface area (Å²) in [6.45, 7) is 0.136. The number of Topliss-reactive ketones (excluding diaryl/α,β-unsaturated/α-hetero) is 1. The number of H-pyrrole nitrogens is 1. The molecule has 0 saturated carbocycles. The van der Waals surface area contributed by atoms with Crippen LogP contribution in [0.3, 0.4) is 0 Å². The van der Waals surface area contributed by atoms with E-state index in [-0.39, 0.29) is 30.1 Å². The second-order valence-electron chi connectivity index (χ2n) is 5.90. The molecule has 0 spiro atoms. The molecule has 0 aliphatic carbocycles. The van der Waals surface area contributed by atoms with Gasteiger partial charge in [0.2, 0.25) is 0 Å². The van der Waals surface area contributed by atoms with Crippen molar-refractivity contribution in [1.29, 1.82) is 0 Å². The Morgan fingerprint density at radius 3 is 2.81 bits per heavy atom. The summed E-state index contributed by atoms with van der Waals surface area (Å²) in [4.78, 5) is 36.0. The number of carbonyl (C=O) groups excluding carboxylic acids is 1. The molecule has 0 aliphatic heterocycles. The highest BCUT2D eigenvalue weighted by Crippen LogP contribution is 2.25. The number of aromatic amines is 1. The molecule has 3 aromatic heterocycles. The number of carbonyl (C=O) groups is 1. The second kappa shape index (κ2) is 7.13. The molecule has 1 aromatic carbocycles. The number of pyridine rings is 1. The standard InChI is InChI=1S/C19H14ClN5O2/c20-13-4-1-3-12(11-13)16-17-14(5-2-7-21-17)19(27)25(24-16)10-6-15(26)18-22-8-9-23-18/h1-5,7-9,11H,6,10H2,(H,22,23). The van der Waals surface area contributed by atoms with E-state index in [4.69, 9.17) is 11.6 Å². The monoisotopic (exact) mass is 379 g/mol. The molecule has 27 heavy (non-hydrogen) atoms. The summed E-state index contributed by atoms with van der Waals surface area (Å²) in [6.07, 6.45) is 4.80. The number of hydrogen-bond acceptors (Lipinski definition) is 5. The lowest BCUT2D eigenvalue weighted by Gasteiger charge is -2.10. The van der Waals surface area contributed by atoms with Gasteiger partial charge in [0.05, 0.1) is 11.9 Å². The minimum Gasteiger partial charge on any atom is -0.342 e. The third-order valence-corrected chi connectivity index (χ3v) is 4.36. The fourth-order valence-corrected chi connectivity index (χ4v) is 3.03. The SMILES string of the molecule is O=C(CCn1nc(-c2cccc(Cl)c2)c2ncccc2c1=O)c1ncc[nH]1. The summed E-state index contributed by atoms with van der Waals surface area (Å²) in [5.74, 6) is 0.0739. The Balaban J connectivity index is 1.78. The topological polar surface area (TPSA) is 93.5 Å². The molecule has 0 atom stereocenters.